The molecule has 16 heavy (non-hydrogen) atoms. The smallest absolute Gasteiger partial charge is 0.412 e. The largest absolute Gasteiger partial charge is 0.444 e. The van der Waals surface area contributed by atoms with Crippen LogP contribution in [0.2, 0.25) is 0 Å². The molecule has 1 atom stereocenters. The van der Waals surface area contributed by atoms with E-state index in [1.54, 1.807) is 12.2 Å². The van der Waals surface area contributed by atoms with Crippen LogP contribution in [0.3, 0.4) is 0 Å². The molecule has 0 aromatic carbocycles. The monoisotopic (exact) mass is 229 g/mol. The second-order valence-electron chi connectivity index (χ2n) is 4.63. The maximum absolute atomic E-state index is 11.8. The molecule has 92 valence electrons. The normalized spacial score (nSPS) is 21.8. The molecule has 1 heterocycles. The molecule has 1 rings (SSSR count). The number of amides is 1. The van der Waals surface area contributed by atoms with Gasteiger partial charge in [0.25, 0.3) is 0 Å². The van der Waals surface area contributed by atoms with Crippen LogP contribution < -0.4 is 0 Å². The summed E-state index contributed by atoms with van der Waals surface area (Å²) in [5, 5.41) is 8.68. The first-order chi connectivity index (χ1) is 7.44. The zero-order valence-corrected chi connectivity index (χ0v) is 9.97. The Kier molecular flexibility index (Phi) is 4.32. The fourth-order valence-corrected chi connectivity index (χ4v) is 1.34. The molecule has 5 nitrogen and oxygen atoms in total. The SMILES string of the molecule is CC(C)(C)OC(=O)N1COC[C@H]1/C=C/CO. The number of ether oxygens (including phenoxy) is 2. The van der Waals surface area contributed by atoms with E-state index in [9.17, 15) is 4.79 Å². The third kappa shape index (κ3) is 3.83. The Morgan fingerprint density at radius 3 is 2.88 bits per heavy atom. The van der Waals surface area contributed by atoms with Crippen molar-refractivity contribution in [2.45, 2.75) is 32.4 Å². The van der Waals surface area contributed by atoms with Crippen molar-refractivity contribution >= 4 is 6.09 Å². The minimum absolute atomic E-state index is 0.0430. The van der Waals surface area contributed by atoms with E-state index in [2.05, 4.69) is 0 Å². The Hall–Kier alpha value is -1.07. The summed E-state index contributed by atoms with van der Waals surface area (Å²) in [6.45, 7) is 6.09. The van der Waals surface area contributed by atoms with Crippen molar-refractivity contribution in [1.29, 1.82) is 0 Å². The molecule has 0 spiro atoms. The predicted molar refractivity (Wildman–Crippen MR) is 58.9 cm³/mol. The van der Waals surface area contributed by atoms with Crippen molar-refractivity contribution < 1.29 is 19.4 Å². The van der Waals surface area contributed by atoms with E-state index in [1.165, 1.54) is 4.90 Å². The number of carbonyl (C=O) groups is 1. The van der Waals surface area contributed by atoms with Gasteiger partial charge in [-0.2, -0.15) is 0 Å². The Morgan fingerprint density at radius 1 is 1.62 bits per heavy atom. The van der Waals surface area contributed by atoms with Gasteiger partial charge >= 0.3 is 6.09 Å². The minimum Gasteiger partial charge on any atom is -0.444 e. The minimum atomic E-state index is -0.509. The van der Waals surface area contributed by atoms with E-state index in [1.807, 2.05) is 20.8 Å². The number of hydrogen-bond donors (Lipinski definition) is 1. The number of rotatable bonds is 2. The Balaban J connectivity index is 2.57. The Morgan fingerprint density at radius 2 is 2.31 bits per heavy atom. The van der Waals surface area contributed by atoms with E-state index in [0.717, 1.165) is 0 Å². The molecule has 1 aliphatic rings. The van der Waals surface area contributed by atoms with Crippen LogP contribution in [0.15, 0.2) is 12.2 Å². The van der Waals surface area contributed by atoms with Crippen LogP contribution in [0.4, 0.5) is 4.79 Å². The summed E-state index contributed by atoms with van der Waals surface area (Å²) in [5.74, 6) is 0. The first-order valence-corrected chi connectivity index (χ1v) is 5.29. The zero-order valence-electron chi connectivity index (χ0n) is 9.97. The molecule has 1 aliphatic heterocycles. The molecule has 0 bridgehead atoms. The number of aliphatic hydroxyl groups is 1. The molecule has 0 unspecified atom stereocenters. The van der Waals surface area contributed by atoms with Crippen molar-refractivity contribution in [3.8, 4) is 0 Å². The highest BCUT2D eigenvalue weighted by molar-refractivity contribution is 5.69. The second-order valence-corrected chi connectivity index (χ2v) is 4.63. The van der Waals surface area contributed by atoms with Crippen LogP contribution in [0, 0.1) is 0 Å². The lowest BCUT2D eigenvalue weighted by molar-refractivity contribution is 0.0179. The van der Waals surface area contributed by atoms with E-state index in [0.29, 0.717) is 6.61 Å². The van der Waals surface area contributed by atoms with Gasteiger partial charge in [0.15, 0.2) is 0 Å². The van der Waals surface area contributed by atoms with Crippen LogP contribution in [0.5, 0.6) is 0 Å². The summed E-state index contributed by atoms with van der Waals surface area (Å²) in [4.78, 5) is 13.3. The lowest BCUT2D eigenvalue weighted by Gasteiger charge is -2.25. The third-order valence-corrected chi connectivity index (χ3v) is 2.01. The molecular formula is C11H19NO4. The van der Waals surface area contributed by atoms with Gasteiger partial charge in [0, 0.05) is 0 Å². The zero-order chi connectivity index (χ0) is 12.2. The maximum Gasteiger partial charge on any atom is 0.412 e. The first-order valence-electron chi connectivity index (χ1n) is 5.29. The van der Waals surface area contributed by atoms with Gasteiger partial charge in [0.05, 0.1) is 19.3 Å². The highest BCUT2D eigenvalue weighted by atomic mass is 16.6. The number of nitrogens with zero attached hydrogens (tertiary/aromatic N) is 1. The molecule has 1 fully saturated rings. The second kappa shape index (κ2) is 5.32. The van der Waals surface area contributed by atoms with Gasteiger partial charge in [0.2, 0.25) is 0 Å². The lowest BCUT2D eigenvalue weighted by Crippen LogP contribution is -2.39. The van der Waals surface area contributed by atoms with E-state index in [4.69, 9.17) is 14.6 Å². The van der Waals surface area contributed by atoms with Gasteiger partial charge in [-0.15, -0.1) is 0 Å². The number of hydrogen-bond acceptors (Lipinski definition) is 4. The summed E-state index contributed by atoms with van der Waals surface area (Å²) in [6.07, 6.45) is 2.95. The van der Waals surface area contributed by atoms with Gasteiger partial charge in [-0.05, 0) is 20.8 Å². The van der Waals surface area contributed by atoms with Crippen LogP contribution in [0.1, 0.15) is 20.8 Å². The molecule has 1 N–H and O–H groups in total. The maximum atomic E-state index is 11.8. The molecule has 1 amide bonds. The summed E-state index contributed by atoms with van der Waals surface area (Å²) in [7, 11) is 0. The van der Waals surface area contributed by atoms with Gasteiger partial charge in [-0.25, -0.2) is 4.79 Å². The van der Waals surface area contributed by atoms with E-state index >= 15 is 0 Å². The summed E-state index contributed by atoms with van der Waals surface area (Å²) >= 11 is 0. The average Bonchev–Trinajstić information content (AvgIpc) is 2.59. The highest BCUT2D eigenvalue weighted by Crippen LogP contribution is 2.16. The standard InChI is InChI=1S/C11H19NO4/c1-11(2,3)16-10(14)12-8-15-7-9(12)5-4-6-13/h4-5,9,13H,6-8H2,1-3H3/b5-4+/t9-/m1/s1. The van der Waals surface area contributed by atoms with E-state index in [-0.39, 0.29) is 19.4 Å². The fourth-order valence-electron chi connectivity index (χ4n) is 1.34. The third-order valence-electron chi connectivity index (χ3n) is 2.01. The van der Waals surface area contributed by atoms with Crippen molar-refractivity contribution in [1.82, 2.24) is 4.90 Å². The molecule has 0 aromatic heterocycles. The van der Waals surface area contributed by atoms with Crippen LogP contribution >= 0.6 is 0 Å². The molecular weight excluding hydrogens is 210 g/mol. The lowest BCUT2D eigenvalue weighted by atomic mass is 10.2. The quantitative estimate of drug-likeness (QED) is 0.721. The van der Waals surface area contributed by atoms with Crippen molar-refractivity contribution in [3.63, 3.8) is 0 Å². The number of aliphatic hydroxyl groups excluding tert-OH is 1. The predicted octanol–water partition coefficient (Wildman–Crippen LogP) is 1.13. The van der Waals surface area contributed by atoms with Gasteiger partial charge in [0.1, 0.15) is 12.3 Å². The number of carbonyl (C=O) groups excluding carboxylic acids is 1. The van der Waals surface area contributed by atoms with Crippen LogP contribution in [0.25, 0.3) is 0 Å². The van der Waals surface area contributed by atoms with Gasteiger partial charge in [-0.3, -0.25) is 4.90 Å². The molecule has 0 aliphatic carbocycles. The van der Waals surface area contributed by atoms with Gasteiger partial charge < -0.3 is 14.6 Å². The van der Waals surface area contributed by atoms with E-state index < -0.39 is 11.7 Å². The highest BCUT2D eigenvalue weighted by Gasteiger charge is 2.31. The molecule has 5 heteroatoms. The van der Waals surface area contributed by atoms with Crippen molar-refractivity contribution in [2.24, 2.45) is 0 Å². The summed E-state index contributed by atoms with van der Waals surface area (Å²) < 4.78 is 10.4. The molecule has 0 aromatic rings. The molecule has 0 radical (unpaired) electrons. The van der Waals surface area contributed by atoms with Crippen molar-refractivity contribution in [2.75, 3.05) is 19.9 Å². The summed E-state index contributed by atoms with van der Waals surface area (Å²) in [5.41, 5.74) is -0.509. The molecule has 0 saturated carbocycles. The van der Waals surface area contributed by atoms with Crippen LogP contribution in [-0.2, 0) is 9.47 Å². The first kappa shape index (κ1) is 13.0. The average molecular weight is 229 g/mol. The molecule has 1 saturated heterocycles. The fraction of sp³-hybridized carbons (Fsp3) is 0.727. The van der Waals surface area contributed by atoms with Crippen molar-refractivity contribution in [3.05, 3.63) is 12.2 Å². The van der Waals surface area contributed by atoms with Gasteiger partial charge in [-0.1, -0.05) is 12.2 Å². The van der Waals surface area contributed by atoms with Crippen LogP contribution in [-0.4, -0.2) is 47.7 Å². The topological polar surface area (TPSA) is 59.0 Å². The Bertz CT molecular complexity index is 270. The summed E-state index contributed by atoms with van der Waals surface area (Å²) in [6, 6.07) is -0.151. The Labute approximate surface area is 95.6 Å².